The van der Waals surface area contributed by atoms with E-state index in [1.807, 2.05) is 6.07 Å². The van der Waals surface area contributed by atoms with Gasteiger partial charge in [0.25, 0.3) is 0 Å². The molecule has 0 N–H and O–H groups in total. The van der Waals surface area contributed by atoms with Gasteiger partial charge in [-0.15, -0.1) is 0 Å². The van der Waals surface area contributed by atoms with Crippen LogP contribution < -0.4 is 0 Å². The van der Waals surface area contributed by atoms with Crippen LogP contribution in [0.2, 0.25) is 5.28 Å². The van der Waals surface area contributed by atoms with Crippen LogP contribution in [0.3, 0.4) is 0 Å². The fourth-order valence-electron chi connectivity index (χ4n) is 1.59. The van der Waals surface area contributed by atoms with Crippen LogP contribution >= 0.6 is 11.6 Å². The first kappa shape index (κ1) is 13.2. The monoisotopic (exact) mass is 286 g/mol. The summed E-state index contributed by atoms with van der Waals surface area (Å²) in [7, 11) is -3.63. The standard InChI is InChI=1S/C10H11ClN4O2S/c11-10-13-6-9(7-14-10)18(16,17)15(5-1-4-12)8-2-3-8/h6-8H,1-3,5H2. The van der Waals surface area contributed by atoms with Gasteiger partial charge in [0.1, 0.15) is 4.90 Å². The van der Waals surface area contributed by atoms with E-state index in [4.69, 9.17) is 16.9 Å². The number of hydrogen-bond acceptors (Lipinski definition) is 5. The lowest BCUT2D eigenvalue weighted by molar-refractivity contribution is 0.410. The highest BCUT2D eigenvalue weighted by Gasteiger charge is 2.37. The number of nitrogens with zero attached hydrogens (tertiary/aromatic N) is 4. The lowest BCUT2D eigenvalue weighted by atomic mass is 10.4. The molecule has 0 saturated heterocycles. The third-order valence-electron chi connectivity index (χ3n) is 2.60. The van der Waals surface area contributed by atoms with Crippen molar-refractivity contribution in [1.82, 2.24) is 14.3 Å². The van der Waals surface area contributed by atoms with E-state index < -0.39 is 10.0 Å². The number of rotatable bonds is 5. The Balaban J connectivity index is 2.27. The summed E-state index contributed by atoms with van der Waals surface area (Å²) in [6.45, 7) is 0.201. The second-order valence-corrected chi connectivity index (χ2v) is 6.17. The molecule has 0 unspecified atom stereocenters. The van der Waals surface area contributed by atoms with E-state index in [-0.39, 0.29) is 29.2 Å². The third kappa shape index (κ3) is 2.77. The van der Waals surface area contributed by atoms with E-state index in [0.29, 0.717) is 0 Å². The first-order valence-corrected chi connectivity index (χ1v) is 7.24. The normalized spacial score (nSPS) is 15.6. The summed E-state index contributed by atoms with van der Waals surface area (Å²) < 4.78 is 26.0. The molecule has 0 aliphatic heterocycles. The van der Waals surface area contributed by atoms with E-state index in [1.54, 1.807) is 0 Å². The highest BCUT2D eigenvalue weighted by atomic mass is 35.5. The van der Waals surface area contributed by atoms with E-state index >= 15 is 0 Å². The first-order chi connectivity index (χ1) is 8.55. The quantitative estimate of drug-likeness (QED) is 0.759. The first-order valence-electron chi connectivity index (χ1n) is 5.42. The zero-order valence-corrected chi connectivity index (χ0v) is 11.0. The van der Waals surface area contributed by atoms with Gasteiger partial charge in [-0.05, 0) is 24.4 Å². The van der Waals surface area contributed by atoms with E-state index in [9.17, 15) is 8.42 Å². The maximum absolute atomic E-state index is 12.3. The molecule has 96 valence electrons. The van der Waals surface area contributed by atoms with Crippen molar-refractivity contribution in [3.05, 3.63) is 17.7 Å². The molecule has 1 heterocycles. The molecule has 1 fully saturated rings. The molecule has 1 aromatic rings. The second-order valence-electron chi connectivity index (χ2n) is 3.94. The van der Waals surface area contributed by atoms with E-state index in [0.717, 1.165) is 12.8 Å². The molecular weight excluding hydrogens is 276 g/mol. The summed E-state index contributed by atoms with van der Waals surface area (Å²) >= 11 is 5.53. The number of aromatic nitrogens is 2. The molecule has 18 heavy (non-hydrogen) atoms. The maximum atomic E-state index is 12.3. The van der Waals surface area contributed by atoms with Gasteiger partial charge in [-0.25, -0.2) is 18.4 Å². The Hall–Kier alpha value is -1.23. The highest BCUT2D eigenvalue weighted by molar-refractivity contribution is 7.89. The minimum absolute atomic E-state index is 0.000900. The largest absolute Gasteiger partial charge is 0.246 e. The summed E-state index contributed by atoms with van der Waals surface area (Å²) in [6.07, 6.45) is 4.21. The van der Waals surface area contributed by atoms with Crippen molar-refractivity contribution in [3.63, 3.8) is 0 Å². The summed E-state index contributed by atoms with van der Waals surface area (Å²) in [5, 5.41) is 8.58. The summed E-state index contributed by atoms with van der Waals surface area (Å²) in [6, 6.07) is 1.95. The van der Waals surface area contributed by atoms with Crippen molar-refractivity contribution in [2.24, 2.45) is 0 Å². The summed E-state index contributed by atoms with van der Waals surface area (Å²) in [4.78, 5) is 7.35. The Morgan fingerprint density at radius 2 is 2.06 bits per heavy atom. The Labute approximate surface area is 110 Å². The van der Waals surface area contributed by atoms with Gasteiger partial charge in [0.05, 0.1) is 18.5 Å². The molecule has 0 aromatic carbocycles. The minimum atomic E-state index is -3.63. The summed E-state index contributed by atoms with van der Waals surface area (Å²) in [5.74, 6) is 0. The molecule has 1 aliphatic carbocycles. The van der Waals surface area contributed by atoms with Gasteiger partial charge in [-0.3, -0.25) is 0 Å². The minimum Gasteiger partial charge on any atom is -0.225 e. The maximum Gasteiger partial charge on any atom is 0.246 e. The fraction of sp³-hybridized carbons (Fsp3) is 0.500. The second kappa shape index (κ2) is 5.18. The highest BCUT2D eigenvalue weighted by Crippen LogP contribution is 2.31. The van der Waals surface area contributed by atoms with Crippen LogP contribution in [0.5, 0.6) is 0 Å². The van der Waals surface area contributed by atoms with Gasteiger partial charge >= 0.3 is 0 Å². The Bertz CT molecular complexity index is 563. The molecule has 0 atom stereocenters. The van der Waals surface area contributed by atoms with Crippen molar-refractivity contribution in [2.45, 2.75) is 30.2 Å². The van der Waals surface area contributed by atoms with Crippen molar-refractivity contribution in [3.8, 4) is 6.07 Å². The van der Waals surface area contributed by atoms with Crippen molar-refractivity contribution >= 4 is 21.6 Å². The van der Waals surface area contributed by atoms with Crippen LogP contribution in [0, 0.1) is 11.3 Å². The van der Waals surface area contributed by atoms with Gasteiger partial charge in [0.2, 0.25) is 15.3 Å². The lowest BCUT2D eigenvalue weighted by Crippen LogP contribution is -2.34. The van der Waals surface area contributed by atoms with E-state index in [2.05, 4.69) is 9.97 Å². The SMILES string of the molecule is N#CCCN(C1CC1)S(=O)(=O)c1cnc(Cl)nc1. The fourth-order valence-corrected chi connectivity index (χ4v) is 3.27. The van der Waals surface area contributed by atoms with Gasteiger partial charge < -0.3 is 0 Å². The molecule has 1 aliphatic rings. The number of hydrogen-bond donors (Lipinski definition) is 0. The Morgan fingerprint density at radius 1 is 1.44 bits per heavy atom. The predicted molar refractivity (Wildman–Crippen MR) is 64.2 cm³/mol. The molecule has 1 aromatic heterocycles. The average molecular weight is 287 g/mol. The van der Waals surface area contributed by atoms with Gasteiger partial charge in [-0.1, -0.05) is 0 Å². The molecule has 0 bridgehead atoms. The molecule has 0 radical (unpaired) electrons. The predicted octanol–water partition coefficient (Wildman–Crippen LogP) is 1.20. The van der Waals surface area contributed by atoms with Crippen LogP contribution in [-0.2, 0) is 10.0 Å². The molecule has 2 rings (SSSR count). The molecule has 6 nitrogen and oxygen atoms in total. The molecular formula is C10H11ClN4O2S. The van der Waals surface area contributed by atoms with Crippen LogP contribution in [0.25, 0.3) is 0 Å². The van der Waals surface area contributed by atoms with Gasteiger partial charge in [0.15, 0.2) is 0 Å². The Morgan fingerprint density at radius 3 is 2.56 bits per heavy atom. The number of halogens is 1. The van der Waals surface area contributed by atoms with Gasteiger partial charge in [0, 0.05) is 19.0 Å². The van der Waals surface area contributed by atoms with Gasteiger partial charge in [-0.2, -0.15) is 9.57 Å². The summed E-state index contributed by atoms with van der Waals surface area (Å²) in [5.41, 5.74) is 0. The number of sulfonamides is 1. The Kier molecular flexibility index (Phi) is 3.80. The zero-order chi connectivity index (χ0) is 13.2. The molecule has 8 heteroatoms. The van der Waals surface area contributed by atoms with Crippen molar-refractivity contribution in [2.75, 3.05) is 6.54 Å². The molecule has 0 spiro atoms. The van der Waals surface area contributed by atoms with Crippen LogP contribution in [-0.4, -0.2) is 35.3 Å². The average Bonchev–Trinajstić information content (AvgIpc) is 3.14. The smallest absolute Gasteiger partial charge is 0.225 e. The van der Waals surface area contributed by atoms with Crippen molar-refractivity contribution in [1.29, 1.82) is 5.26 Å². The number of nitriles is 1. The zero-order valence-electron chi connectivity index (χ0n) is 9.45. The van der Waals surface area contributed by atoms with Crippen molar-refractivity contribution < 1.29 is 8.42 Å². The molecule has 1 saturated carbocycles. The topological polar surface area (TPSA) is 87.0 Å². The van der Waals surface area contributed by atoms with E-state index in [1.165, 1.54) is 16.7 Å². The van der Waals surface area contributed by atoms with Crippen LogP contribution in [0.4, 0.5) is 0 Å². The lowest BCUT2D eigenvalue weighted by Gasteiger charge is -2.20. The third-order valence-corrected chi connectivity index (χ3v) is 4.70. The van der Waals surface area contributed by atoms with Crippen LogP contribution in [0.1, 0.15) is 19.3 Å². The van der Waals surface area contributed by atoms with Crippen LogP contribution in [0.15, 0.2) is 17.3 Å². The molecule has 0 amide bonds.